The van der Waals surface area contributed by atoms with Gasteiger partial charge in [0.25, 0.3) is 0 Å². The van der Waals surface area contributed by atoms with Crippen LogP contribution in [0.3, 0.4) is 0 Å². The predicted molar refractivity (Wildman–Crippen MR) is 79.9 cm³/mol. The summed E-state index contributed by atoms with van der Waals surface area (Å²) in [5.41, 5.74) is -0.0671. The monoisotopic (exact) mass is 254 g/mol. The molecular formula is C14H26N2S. The van der Waals surface area contributed by atoms with Gasteiger partial charge in [0.2, 0.25) is 0 Å². The molecular weight excluding hydrogens is 228 g/mol. The third kappa shape index (κ3) is 3.14. The van der Waals surface area contributed by atoms with Crippen molar-refractivity contribution in [3.63, 3.8) is 0 Å². The Labute approximate surface area is 111 Å². The average Bonchev–Trinajstić information content (AvgIpc) is 2.39. The lowest BCUT2D eigenvalue weighted by atomic mass is 10.0. The number of hydrogen-bond acceptors (Lipinski definition) is 3. The highest BCUT2D eigenvalue weighted by Gasteiger charge is 2.46. The molecule has 0 aromatic heterocycles. The number of hydrogen-bond donors (Lipinski definition) is 0. The van der Waals surface area contributed by atoms with Crippen LogP contribution in [0.15, 0.2) is 17.6 Å². The zero-order valence-corrected chi connectivity index (χ0v) is 12.7. The first kappa shape index (κ1) is 14.8. The first-order valence-corrected chi connectivity index (χ1v) is 7.46. The van der Waals surface area contributed by atoms with Gasteiger partial charge in [0.05, 0.1) is 10.6 Å². The number of unbranched alkanes of at least 4 members (excludes halogenated alkanes) is 1. The van der Waals surface area contributed by atoms with Crippen molar-refractivity contribution >= 4 is 16.8 Å². The molecule has 0 aromatic carbocycles. The van der Waals surface area contributed by atoms with Crippen molar-refractivity contribution in [1.82, 2.24) is 4.90 Å². The fourth-order valence-corrected chi connectivity index (χ4v) is 3.73. The third-order valence-electron chi connectivity index (χ3n) is 3.28. The van der Waals surface area contributed by atoms with Crippen molar-refractivity contribution in [3.8, 4) is 0 Å². The Hall–Kier alpha value is -0.280. The second-order valence-electron chi connectivity index (χ2n) is 5.57. The Morgan fingerprint density at radius 3 is 2.53 bits per heavy atom. The van der Waals surface area contributed by atoms with Crippen molar-refractivity contribution in [2.75, 3.05) is 12.3 Å². The lowest BCUT2D eigenvalue weighted by Gasteiger charge is -2.38. The SMILES string of the molecule is C=CCN1C(C)(C)N=C(SCCCC)C1(C)C. The molecule has 0 amide bonds. The van der Waals surface area contributed by atoms with Crippen LogP contribution in [-0.4, -0.2) is 33.4 Å². The maximum absolute atomic E-state index is 4.90. The van der Waals surface area contributed by atoms with Crippen LogP contribution in [0.4, 0.5) is 0 Å². The summed E-state index contributed by atoms with van der Waals surface area (Å²) in [6.07, 6.45) is 4.49. The molecule has 0 aromatic rings. The Morgan fingerprint density at radius 1 is 1.35 bits per heavy atom. The molecule has 1 aliphatic heterocycles. The molecule has 3 heteroatoms. The molecule has 0 saturated heterocycles. The van der Waals surface area contributed by atoms with Crippen molar-refractivity contribution in [2.45, 2.75) is 58.7 Å². The minimum absolute atomic E-state index is 0.0378. The molecule has 0 bridgehead atoms. The van der Waals surface area contributed by atoms with E-state index < -0.39 is 0 Å². The molecule has 0 unspecified atom stereocenters. The quantitative estimate of drug-likeness (QED) is 0.545. The second-order valence-corrected chi connectivity index (χ2v) is 6.66. The topological polar surface area (TPSA) is 15.6 Å². The van der Waals surface area contributed by atoms with Crippen molar-refractivity contribution in [2.24, 2.45) is 4.99 Å². The van der Waals surface area contributed by atoms with Crippen LogP contribution in [-0.2, 0) is 0 Å². The summed E-state index contributed by atoms with van der Waals surface area (Å²) in [5, 5.41) is 1.28. The summed E-state index contributed by atoms with van der Waals surface area (Å²) >= 11 is 1.92. The van der Waals surface area contributed by atoms with Crippen LogP contribution < -0.4 is 0 Å². The van der Waals surface area contributed by atoms with Crippen LogP contribution in [0, 0.1) is 0 Å². The lowest BCUT2D eigenvalue weighted by Crippen LogP contribution is -2.51. The van der Waals surface area contributed by atoms with Crippen molar-refractivity contribution in [1.29, 1.82) is 0 Å². The predicted octanol–water partition coefficient (Wildman–Crippen LogP) is 3.93. The van der Waals surface area contributed by atoms with Crippen LogP contribution in [0.25, 0.3) is 0 Å². The third-order valence-corrected chi connectivity index (χ3v) is 4.64. The van der Waals surface area contributed by atoms with E-state index in [9.17, 15) is 0 Å². The molecule has 0 saturated carbocycles. The van der Waals surface area contributed by atoms with Gasteiger partial charge in [-0.3, -0.25) is 9.89 Å². The van der Waals surface area contributed by atoms with Gasteiger partial charge in [0, 0.05) is 6.54 Å². The summed E-state index contributed by atoms with van der Waals surface area (Å²) in [6.45, 7) is 15.9. The summed E-state index contributed by atoms with van der Waals surface area (Å²) in [6, 6.07) is 0. The summed E-state index contributed by atoms with van der Waals surface area (Å²) in [4.78, 5) is 7.32. The van der Waals surface area contributed by atoms with E-state index in [4.69, 9.17) is 4.99 Å². The molecule has 1 rings (SSSR count). The van der Waals surface area contributed by atoms with Crippen LogP contribution in [0.5, 0.6) is 0 Å². The van der Waals surface area contributed by atoms with Crippen molar-refractivity contribution < 1.29 is 0 Å². The summed E-state index contributed by atoms with van der Waals surface area (Å²) in [5.74, 6) is 1.18. The van der Waals surface area contributed by atoms with Crippen LogP contribution in [0.1, 0.15) is 47.5 Å². The second kappa shape index (κ2) is 5.57. The molecule has 0 aliphatic carbocycles. The van der Waals surface area contributed by atoms with Gasteiger partial charge >= 0.3 is 0 Å². The summed E-state index contributed by atoms with van der Waals surface area (Å²) in [7, 11) is 0. The molecule has 2 nitrogen and oxygen atoms in total. The van der Waals surface area contributed by atoms with E-state index in [1.54, 1.807) is 0 Å². The first-order chi connectivity index (χ1) is 7.86. The standard InChI is InChI=1S/C14H26N2S/c1-7-9-11-17-12-13(3,4)16(10-8-2)14(5,6)15-12/h8H,2,7,9-11H2,1,3-6H3. The fourth-order valence-electron chi connectivity index (χ4n) is 2.35. The number of thioether (sulfide) groups is 1. The van der Waals surface area contributed by atoms with Gasteiger partial charge in [-0.2, -0.15) is 0 Å². The first-order valence-electron chi connectivity index (χ1n) is 6.48. The maximum Gasteiger partial charge on any atom is 0.109 e. The minimum Gasteiger partial charge on any atom is -0.265 e. The molecule has 0 spiro atoms. The van der Waals surface area contributed by atoms with Crippen molar-refractivity contribution in [3.05, 3.63) is 12.7 Å². The molecule has 98 valence electrons. The van der Waals surface area contributed by atoms with E-state index in [2.05, 4.69) is 46.1 Å². The molecule has 17 heavy (non-hydrogen) atoms. The highest BCUT2D eigenvalue weighted by molar-refractivity contribution is 8.14. The Kier molecular flexibility index (Phi) is 4.85. The fraction of sp³-hybridized carbons (Fsp3) is 0.786. The van der Waals surface area contributed by atoms with Gasteiger partial charge < -0.3 is 0 Å². The van der Waals surface area contributed by atoms with Gasteiger partial charge in [-0.25, -0.2) is 0 Å². The van der Waals surface area contributed by atoms with Gasteiger partial charge in [0.1, 0.15) is 5.66 Å². The van der Waals surface area contributed by atoms with Crippen LogP contribution in [0.2, 0.25) is 0 Å². The van der Waals surface area contributed by atoms with Gasteiger partial charge in [-0.15, -0.1) is 18.3 Å². The highest BCUT2D eigenvalue weighted by atomic mass is 32.2. The molecule has 1 aliphatic rings. The van der Waals surface area contributed by atoms with E-state index in [1.807, 2.05) is 17.8 Å². The van der Waals surface area contributed by atoms with Crippen LogP contribution >= 0.6 is 11.8 Å². The van der Waals surface area contributed by atoms with Gasteiger partial charge in [0.15, 0.2) is 0 Å². The highest BCUT2D eigenvalue weighted by Crippen LogP contribution is 2.38. The molecule has 0 N–H and O–H groups in total. The maximum atomic E-state index is 4.90. The zero-order chi connectivity index (χ0) is 13.1. The van der Waals surface area contributed by atoms with E-state index in [1.165, 1.54) is 23.6 Å². The molecule has 0 radical (unpaired) electrons. The Balaban J connectivity index is 2.80. The van der Waals surface area contributed by atoms with E-state index in [0.29, 0.717) is 0 Å². The number of nitrogens with zero attached hydrogens (tertiary/aromatic N) is 2. The van der Waals surface area contributed by atoms with Gasteiger partial charge in [-0.1, -0.05) is 19.4 Å². The Morgan fingerprint density at radius 2 is 2.00 bits per heavy atom. The van der Waals surface area contributed by atoms with E-state index in [0.717, 1.165) is 6.54 Å². The smallest absolute Gasteiger partial charge is 0.109 e. The minimum atomic E-state index is -0.105. The van der Waals surface area contributed by atoms with E-state index in [-0.39, 0.29) is 11.2 Å². The molecule has 1 heterocycles. The molecule has 0 atom stereocenters. The number of rotatable bonds is 5. The average molecular weight is 254 g/mol. The largest absolute Gasteiger partial charge is 0.265 e. The normalized spacial score (nSPS) is 22.5. The Bertz CT molecular complexity index is 305. The van der Waals surface area contributed by atoms with E-state index >= 15 is 0 Å². The number of aliphatic imine (C=N–C) groups is 1. The molecule has 0 fully saturated rings. The summed E-state index contributed by atoms with van der Waals surface area (Å²) < 4.78 is 0. The zero-order valence-electron chi connectivity index (χ0n) is 11.9. The van der Waals surface area contributed by atoms with Gasteiger partial charge in [-0.05, 0) is 39.9 Å². The lowest BCUT2D eigenvalue weighted by molar-refractivity contribution is 0.101.